The Morgan fingerprint density at radius 3 is 2.33 bits per heavy atom. The number of hydrogen-bond donors (Lipinski definition) is 2. The van der Waals surface area contributed by atoms with Crippen LogP contribution in [0.15, 0.2) is 48.0 Å². The maximum Gasteiger partial charge on any atom is 0.262 e. The van der Waals surface area contributed by atoms with Gasteiger partial charge in [0.25, 0.3) is 5.91 Å². The fourth-order valence-corrected chi connectivity index (χ4v) is 2.49. The molecule has 0 spiro atoms. The zero-order chi connectivity index (χ0) is 17.7. The quantitative estimate of drug-likeness (QED) is 0.665. The Morgan fingerprint density at radius 2 is 1.79 bits per heavy atom. The van der Waals surface area contributed by atoms with Crippen LogP contribution >= 0.6 is 0 Å². The van der Waals surface area contributed by atoms with E-state index < -0.39 is 5.91 Å². The summed E-state index contributed by atoms with van der Waals surface area (Å²) in [7, 11) is 0. The zero-order valence-electron chi connectivity index (χ0n) is 14.0. The van der Waals surface area contributed by atoms with E-state index in [4.69, 9.17) is 0 Å². The molecule has 1 atom stereocenters. The summed E-state index contributed by atoms with van der Waals surface area (Å²) in [5, 5.41) is 21.9. The molecule has 0 aliphatic carbocycles. The highest BCUT2D eigenvalue weighted by molar-refractivity contribution is 6.01. The van der Waals surface area contributed by atoms with Crippen molar-refractivity contribution in [2.75, 3.05) is 0 Å². The third kappa shape index (κ3) is 4.02. The third-order valence-electron chi connectivity index (χ3n) is 3.84. The predicted molar refractivity (Wildman–Crippen MR) is 94.2 cm³/mol. The summed E-state index contributed by atoms with van der Waals surface area (Å²) in [6, 6.07) is 14.8. The molecule has 0 fully saturated rings. The first-order valence-electron chi connectivity index (χ1n) is 7.70. The van der Waals surface area contributed by atoms with E-state index in [2.05, 4.69) is 5.32 Å². The van der Waals surface area contributed by atoms with E-state index >= 15 is 0 Å². The zero-order valence-corrected chi connectivity index (χ0v) is 14.0. The number of amides is 1. The number of phenolic OH excluding ortho intramolecular Hbond substituents is 1. The average Bonchev–Trinajstić information content (AvgIpc) is 2.58. The smallest absolute Gasteiger partial charge is 0.262 e. The molecule has 0 aliphatic heterocycles. The van der Waals surface area contributed by atoms with Crippen LogP contribution in [0.4, 0.5) is 0 Å². The molecule has 0 unspecified atom stereocenters. The first kappa shape index (κ1) is 17.3. The van der Waals surface area contributed by atoms with Gasteiger partial charge >= 0.3 is 0 Å². The Bertz CT molecular complexity index is 794. The number of rotatable bonds is 4. The molecule has 0 aromatic heterocycles. The van der Waals surface area contributed by atoms with Gasteiger partial charge in [-0.15, -0.1) is 0 Å². The second kappa shape index (κ2) is 7.47. The normalized spacial score (nSPS) is 12.3. The summed E-state index contributed by atoms with van der Waals surface area (Å²) >= 11 is 0. The van der Waals surface area contributed by atoms with Crippen molar-refractivity contribution < 1.29 is 9.90 Å². The maximum atomic E-state index is 12.3. The fraction of sp³-hybridized carbons (Fsp3) is 0.200. The van der Waals surface area contributed by atoms with Gasteiger partial charge in [-0.3, -0.25) is 4.79 Å². The first-order chi connectivity index (χ1) is 11.4. The number of benzene rings is 2. The van der Waals surface area contributed by atoms with Crippen molar-refractivity contribution >= 4 is 12.0 Å². The molecule has 2 rings (SSSR count). The lowest BCUT2D eigenvalue weighted by molar-refractivity contribution is -0.117. The number of hydrogen-bond acceptors (Lipinski definition) is 3. The highest BCUT2D eigenvalue weighted by Crippen LogP contribution is 2.24. The second-order valence-electron chi connectivity index (χ2n) is 5.78. The number of nitriles is 1. The van der Waals surface area contributed by atoms with Crippen molar-refractivity contribution in [3.8, 4) is 11.8 Å². The summed E-state index contributed by atoms with van der Waals surface area (Å²) in [5.74, 6) is -0.190. The SMILES string of the molecule is Cc1cc(/C=C(\C#N)C(=O)N[C@@H](C)c2ccccc2)cc(C)c1O. The van der Waals surface area contributed by atoms with Gasteiger partial charge in [0.2, 0.25) is 0 Å². The number of nitrogens with one attached hydrogen (secondary N) is 1. The molecular weight excluding hydrogens is 300 g/mol. The molecule has 2 aromatic carbocycles. The first-order valence-corrected chi connectivity index (χ1v) is 7.70. The highest BCUT2D eigenvalue weighted by atomic mass is 16.3. The summed E-state index contributed by atoms with van der Waals surface area (Å²) in [6.45, 7) is 5.43. The Hall–Kier alpha value is -3.06. The van der Waals surface area contributed by atoms with Crippen LogP contribution < -0.4 is 5.32 Å². The molecule has 4 heteroatoms. The van der Waals surface area contributed by atoms with Gasteiger partial charge in [-0.2, -0.15) is 5.26 Å². The van der Waals surface area contributed by atoms with Crippen molar-refractivity contribution in [2.45, 2.75) is 26.8 Å². The van der Waals surface area contributed by atoms with Gasteiger partial charge in [-0.1, -0.05) is 30.3 Å². The van der Waals surface area contributed by atoms with Crippen molar-refractivity contribution in [2.24, 2.45) is 0 Å². The Kier molecular flexibility index (Phi) is 5.39. The van der Waals surface area contributed by atoms with Crippen LogP contribution in [-0.4, -0.2) is 11.0 Å². The minimum Gasteiger partial charge on any atom is -0.507 e. The minimum atomic E-state index is -0.419. The molecule has 0 saturated heterocycles. The Labute approximate surface area is 142 Å². The lowest BCUT2D eigenvalue weighted by atomic mass is 10.0. The number of carbonyl (C=O) groups is 1. The van der Waals surface area contributed by atoms with E-state index in [0.29, 0.717) is 16.7 Å². The summed E-state index contributed by atoms with van der Waals surface area (Å²) in [5.41, 5.74) is 3.12. The Morgan fingerprint density at radius 1 is 1.21 bits per heavy atom. The predicted octanol–water partition coefficient (Wildman–Crippen LogP) is 3.79. The monoisotopic (exact) mass is 320 g/mol. The largest absolute Gasteiger partial charge is 0.507 e. The van der Waals surface area contributed by atoms with Gasteiger partial charge in [0, 0.05) is 0 Å². The molecule has 122 valence electrons. The summed E-state index contributed by atoms with van der Waals surface area (Å²) in [4.78, 5) is 12.3. The van der Waals surface area contributed by atoms with E-state index in [1.807, 2.05) is 43.3 Å². The third-order valence-corrected chi connectivity index (χ3v) is 3.84. The van der Waals surface area contributed by atoms with E-state index in [0.717, 1.165) is 5.56 Å². The molecule has 4 nitrogen and oxygen atoms in total. The number of aryl methyl sites for hydroxylation is 2. The molecule has 0 bridgehead atoms. The molecule has 2 N–H and O–H groups in total. The topological polar surface area (TPSA) is 73.1 Å². The number of carbonyl (C=O) groups excluding carboxylic acids is 1. The van der Waals surface area contributed by atoms with Crippen LogP contribution in [0.1, 0.15) is 35.2 Å². The fourth-order valence-electron chi connectivity index (χ4n) is 2.49. The van der Waals surface area contributed by atoms with Gasteiger partial charge in [-0.25, -0.2) is 0 Å². The highest BCUT2D eigenvalue weighted by Gasteiger charge is 2.14. The molecule has 0 radical (unpaired) electrons. The summed E-state index contributed by atoms with van der Waals surface area (Å²) in [6.07, 6.45) is 1.53. The molecule has 0 saturated carbocycles. The molecule has 0 heterocycles. The molecule has 2 aromatic rings. The molecule has 0 aliphatic rings. The van der Waals surface area contributed by atoms with Crippen molar-refractivity contribution in [1.29, 1.82) is 5.26 Å². The van der Waals surface area contributed by atoms with E-state index in [9.17, 15) is 15.2 Å². The van der Waals surface area contributed by atoms with Crippen LogP contribution in [0, 0.1) is 25.2 Å². The second-order valence-corrected chi connectivity index (χ2v) is 5.78. The lowest BCUT2D eigenvalue weighted by Crippen LogP contribution is -2.27. The van der Waals surface area contributed by atoms with Crippen LogP contribution in [0.25, 0.3) is 6.08 Å². The standard InChI is InChI=1S/C20H20N2O2/c1-13-9-16(10-14(2)19(13)23)11-18(12-21)20(24)22-15(3)17-7-5-4-6-8-17/h4-11,15,23H,1-3H3,(H,22,24)/b18-11+/t15-/m0/s1. The van der Waals surface area contributed by atoms with Crippen LogP contribution in [0.2, 0.25) is 0 Å². The minimum absolute atomic E-state index is 0.0299. The maximum absolute atomic E-state index is 12.3. The van der Waals surface area contributed by atoms with Crippen molar-refractivity contribution in [3.05, 3.63) is 70.3 Å². The number of nitrogens with zero attached hydrogens (tertiary/aromatic N) is 1. The summed E-state index contributed by atoms with van der Waals surface area (Å²) < 4.78 is 0. The van der Waals surface area contributed by atoms with Crippen molar-refractivity contribution in [1.82, 2.24) is 5.32 Å². The molecule has 24 heavy (non-hydrogen) atoms. The van der Waals surface area contributed by atoms with Crippen LogP contribution in [0.5, 0.6) is 5.75 Å². The van der Waals surface area contributed by atoms with Gasteiger partial charge in [0.1, 0.15) is 17.4 Å². The van der Waals surface area contributed by atoms with E-state index in [1.165, 1.54) is 6.08 Å². The van der Waals surface area contributed by atoms with Gasteiger partial charge in [-0.05, 0) is 61.2 Å². The van der Waals surface area contributed by atoms with E-state index in [1.54, 1.807) is 26.0 Å². The number of aromatic hydroxyl groups is 1. The van der Waals surface area contributed by atoms with Gasteiger partial charge in [0.05, 0.1) is 6.04 Å². The molecular formula is C20H20N2O2. The van der Waals surface area contributed by atoms with Crippen LogP contribution in [0.3, 0.4) is 0 Å². The van der Waals surface area contributed by atoms with Crippen molar-refractivity contribution in [3.63, 3.8) is 0 Å². The van der Waals surface area contributed by atoms with Gasteiger partial charge < -0.3 is 10.4 Å². The lowest BCUT2D eigenvalue weighted by Gasteiger charge is -2.14. The van der Waals surface area contributed by atoms with Gasteiger partial charge in [0.15, 0.2) is 0 Å². The molecule has 1 amide bonds. The van der Waals surface area contributed by atoms with Crippen LogP contribution in [-0.2, 0) is 4.79 Å². The number of phenols is 1. The Balaban J connectivity index is 2.22. The average molecular weight is 320 g/mol. The van der Waals surface area contributed by atoms with E-state index in [-0.39, 0.29) is 17.4 Å².